The molecular formula is C52H47N5O. The molecular weight excluding hydrogens is 711 g/mol. The first-order valence-corrected chi connectivity index (χ1v) is 20.2. The summed E-state index contributed by atoms with van der Waals surface area (Å²) in [6.45, 7) is 14.2. The molecule has 58 heavy (non-hydrogen) atoms. The summed E-state index contributed by atoms with van der Waals surface area (Å²) in [7, 11) is 0. The Morgan fingerprint density at radius 1 is 0.466 bits per heavy atom. The van der Waals surface area contributed by atoms with Crippen LogP contribution in [0, 0.1) is 0 Å². The summed E-state index contributed by atoms with van der Waals surface area (Å²) in [4.78, 5) is 9.81. The minimum Gasteiger partial charge on any atom is -0.457 e. The number of benzene rings is 6. The fourth-order valence-corrected chi connectivity index (χ4v) is 8.50. The van der Waals surface area contributed by atoms with Crippen molar-refractivity contribution < 1.29 is 4.74 Å². The fourth-order valence-electron chi connectivity index (χ4n) is 8.50. The van der Waals surface area contributed by atoms with Crippen molar-refractivity contribution in [1.29, 1.82) is 0 Å². The Morgan fingerprint density at radius 2 is 1.07 bits per heavy atom. The molecule has 6 nitrogen and oxygen atoms in total. The van der Waals surface area contributed by atoms with E-state index in [0.29, 0.717) is 6.67 Å². The largest absolute Gasteiger partial charge is 0.457 e. The van der Waals surface area contributed by atoms with Crippen LogP contribution in [0.2, 0.25) is 0 Å². The number of nitrogens with zero attached hydrogens (tertiary/aromatic N) is 5. The van der Waals surface area contributed by atoms with Gasteiger partial charge in [0.1, 0.15) is 24.0 Å². The molecule has 0 bridgehead atoms. The summed E-state index contributed by atoms with van der Waals surface area (Å²) in [6.07, 6.45) is 1.94. The summed E-state index contributed by atoms with van der Waals surface area (Å²) in [5.41, 5.74) is 12.5. The maximum atomic E-state index is 6.98. The Balaban J connectivity index is 1.15. The fraction of sp³-hybridized carbons (Fsp3) is 0.173. The molecule has 0 saturated carbocycles. The zero-order chi connectivity index (χ0) is 39.8. The molecule has 1 aliphatic heterocycles. The van der Waals surface area contributed by atoms with Gasteiger partial charge < -0.3 is 19.1 Å². The molecule has 0 aliphatic carbocycles. The van der Waals surface area contributed by atoms with Crippen molar-refractivity contribution >= 4 is 55.6 Å². The van der Waals surface area contributed by atoms with Crippen molar-refractivity contribution in [1.82, 2.24) is 14.1 Å². The molecule has 0 fully saturated rings. The summed E-state index contributed by atoms with van der Waals surface area (Å²) >= 11 is 0. The number of hydrogen-bond donors (Lipinski definition) is 0. The number of pyridine rings is 1. The van der Waals surface area contributed by atoms with Crippen molar-refractivity contribution in [3.8, 4) is 23.0 Å². The van der Waals surface area contributed by atoms with Crippen molar-refractivity contribution in [3.63, 3.8) is 0 Å². The van der Waals surface area contributed by atoms with Crippen LogP contribution in [-0.2, 0) is 10.8 Å². The van der Waals surface area contributed by atoms with Gasteiger partial charge in [0, 0.05) is 46.2 Å². The number of fused-ring (bicyclic) bond motifs is 6. The number of rotatable bonds is 6. The standard InChI is InChI=1S/C52H47N5O/c1-51(2,3)35-27-28-53-48(31-35)57-47-33-40(25-26-43(47)49-50(57)42-21-13-14-22-44(42)56(49)38-19-11-8-12-20-38)58-41-30-36(52(4,5)6)29-39(32-41)55-34-54(37-17-9-7-10-18-37)45-23-15-16-24-46(45)55/h7-33H,34H2,1-6H3. The van der Waals surface area contributed by atoms with Crippen LogP contribution in [0.25, 0.3) is 44.3 Å². The lowest BCUT2D eigenvalue weighted by atomic mass is 9.86. The van der Waals surface area contributed by atoms with Gasteiger partial charge in [0.2, 0.25) is 0 Å². The molecule has 286 valence electrons. The quantitative estimate of drug-likeness (QED) is 0.169. The Labute approximate surface area is 340 Å². The number of hydrogen-bond acceptors (Lipinski definition) is 4. The molecule has 0 amide bonds. The highest BCUT2D eigenvalue weighted by Gasteiger charge is 2.30. The van der Waals surface area contributed by atoms with E-state index < -0.39 is 0 Å². The normalized spacial score (nSPS) is 13.2. The Hall–Kier alpha value is -6.79. The van der Waals surface area contributed by atoms with Crippen LogP contribution in [0.15, 0.2) is 164 Å². The monoisotopic (exact) mass is 757 g/mol. The summed E-state index contributed by atoms with van der Waals surface area (Å²) < 4.78 is 11.7. The molecule has 9 aromatic rings. The van der Waals surface area contributed by atoms with Gasteiger partial charge in [-0.2, -0.15) is 0 Å². The van der Waals surface area contributed by atoms with Gasteiger partial charge in [0.25, 0.3) is 0 Å². The lowest BCUT2D eigenvalue weighted by Gasteiger charge is -2.26. The molecule has 0 spiro atoms. The van der Waals surface area contributed by atoms with E-state index in [0.717, 1.165) is 56.1 Å². The number of ether oxygens (including phenoxy) is 1. The number of anilines is 4. The molecule has 0 atom stereocenters. The maximum Gasteiger partial charge on any atom is 0.137 e. The highest BCUT2D eigenvalue weighted by molar-refractivity contribution is 6.20. The second-order valence-corrected chi connectivity index (χ2v) is 17.4. The van der Waals surface area contributed by atoms with Crippen molar-refractivity contribution in [2.75, 3.05) is 16.5 Å². The van der Waals surface area contributed by atoms with Crippen LogP contribution in [0.4, 0.5) is 22.7 Å². The zero-order valence-electron chi connectivity index (χ0n) is 33.9. The van der Waals surface area contributed by atoms with Crippen molar-refractivity contribution in [3.05, 3.63) is 175 Å². The van der Waals surface area contributed by atoms with E-state index in [-0.39, 0.29) is 10.8 Å². The Kier molecular flexibility index (Phi) is 8.24. The molecule has 0 saturated heterocycles. The lowest BCUT2D eigenvalue weighted by molar-refractivity contribution is 0.479. The highest BCUT2D eigenvalue weighted by Crippen LogP contribution is 2.47. The topological polar surface area (TPSA) is 38.5 Å². The third-order valence-corrected chi connectivity index (χ3v) is 11.5. The van der Waals surface area contributed by atoms with Crippen molar-refractivity contribution in [2.24, 2.45) is 0 Å². The van der Waals surface area contributed by atoms with Gasteiger partial charge in [0.05, 0.1) is 33.4 Å². The summed E-state index contributed by atoms with van der Waals surface area (Å²) in [5.74, 6) is 2.45. The van der Waals surface area contributed by atoms with Crippen LogP contribution in [0.3, 0.4) is 0 Å². The number of para-hydroxylation sites is 5. The van der Waals surface area contributed by atoms with Gasteiger partial charge in [-0.15, -0.1) is 0 Å². The molecule has 6 heteroatoms. The minimum atomic E-state index is -0.107. The average Bonchev–Trinajstić information content (AvgIpc) is 3.89. The van der Waals surface area contributed by atoms with Crippen LogP contribution in [0.5, 0.6) is 11.5 Å². The second-order valence-electron chi connectivity index (χ2n) is 17.4. The minimum absolute atomic E-state index is 0.0458. The molecule has 0 radical (unpaired) electrons. The first kappa shape index (κ1) is 35.6. The van der Waals surface area contributed by atoms with E-state index >= 15 is 0 Å². The van der Waals surface area contributed by atoms with E-state index in [2.05, 4.69) is 218 Å². The molecule has 0 unspecified atom stereocenters. The predicted octanol–water partition coefficient (Wildman–Crippen LogP) is 13.8. The smallest absolute Gasteiger partial charge is 0.137 e. The Morgan fingerprint density at radius 3 is 1.78 bits per heavy atom. The Bertz CT molecular complexity index is 2980. The average molecular weight is 758 g/mol. The third-order valence-electron chi connectivity index (χ3n) is 11.5. The molecule has 0 N–H and O–H groups in total. The van der Waals surface area contributed by atoms with E-state index in [1.54, 1.807) is 0 Å². The summed E-state index contributed by atoms with van der Waals surface area (Å²) in [6, 6.07) is 56.2. The predicted molar refractivity (Wildman–Crippen MR) is 241 cm³/mol. The molecule has 10 rings (SSSR count). The number of aromatic nitrogens is 3. The highest BCUT2D eigenvalue weighted by atomic mass is 16.5. The second kappa shape index (κ2) is 13.4. The van der Waals surface area contributed by atoms with E-state index in [1.807, 2.05) is 6.20 Å². The van der Waals surface area contributed by atoms with Crippen LogP contribution in [0.1, 0.15) is 52.7 Å². The van der Waals surface area contributed by atoms with Crippen LogP contribution < -0.4 is 14.5 Å². The van der Waals surface area contributed by atoms with Crippen LogP contribution >= 0.6 is 0 Å². The van der Waals surface area contributed by atoms with Gasteiger partial charge in [-0.25, -0.2) is 4.98 Å². The van der Waals surface area contributed by atoms with E-state index in [4.69, 9.17) is 9.72 Å². The van der Waals surface area contributed by atoms with Gasteiger partial charge in [-0.3, -0.25) is 4.57 Å². The lowest BCUT2D eigenvalue weighted by Crippen LogP contribution is -2.24. The van der Waals surface area contributed by atoms with Gasteiger partial charge >= 0.3 is 0 Å². The molecule has 3 aromatic heterocycles. The van der Waals surface area contributed by atoms with Crippen LogP contribution in [-0.4, -0.2) is 20.8 Å². The SMILES string of the molecule is CC(C)(C)c1cc(Oc2ccc3c(c2)n(-c2cc(C(C)(C)C)ccn2)c2c4ccccc4n(-c4ccccc4)c32)cc(N2CN(c3ccccc3)c3ccccc32)c1. The van der Waals surface area contributed by atoms with Crippen molar-refractivity contribution in [2.45, 2.75) is 52.4 Å². The third kappa shape index (κ3) is 5.99. The first-order chi connectivity index (χ1) is 28.0. The van der Waals surface area contributed by atoms with Gasteiger partial charge in [-0.05, 0) is 101 Å². The van der Waals surface area contributed by atoms with E-state index in [1.165, 1.54) is 33.6 Å². The zero-order valence-corrected chi connectivity index (χ0v) is 33.9. The van der Waals surface area contributed by atoms with Gasteiger partial charge in [-0.1, -0.05) is 108 Å². The maximum absolute atomic E-state index is 6.98. The molecule has 1 aliphatic rings. The molecule has 6 aromatic carbocycles. The molecule has 4 heterocycles. The van der Waals surface area contributed by atoms with E-state index in [9.17, 15) is 0 Å². The summed E-state index contributed by atoms with van der Waals surface area (Å²) in [5, 5.41) is 2.30. The first-order valence-electron chi connectivity index (χ1n) is 20.2. The van der Waals surface area contributed by atoms with Gasteiger partial charge in [0.15, 0.2) is 0 Å².